The molecule has 8 nitrogen and oxygen atoms in total. The van der Waals surface area contributed by atoms with E-state index in [4.69, 9.17) is 9.47 Å². The fraction of sp³-hybridized carbons (Fsp3) is 0.167. The van der Waals surface area contributed by atoms with Crippen LogP contribution in [-0.4, -0.2) is 28.0 Å². The summed E-state index contributed by atoms with van der Waals surface area (Å²) < 4.78 is 12.3. The molecule has 168 valence electrons. The highest BCUT2D eigenvalue weighted by Gasteiger charge is 2.12. The Morgan fingerprint density at radius 2 is 1.88 bits per heavy atom. The van der Waals surface area contributed by atoms with Crippen LogP contribution in [0.3, 0.4) is 0 Å². The van der Waals surface area contributed by atoms with Crippen LogP contribution >= 0.6 is 11.3 Å². The van der Waals surface area contributed by atoms with Gasteiger partial charge in [0.05, 0.1) is 23.8 Å². The summed E-state index contributed by atoms with van der Waals surface area (Å²) in [5, 5.41) is 5.00. The highest BCUT2D eigenvalue weighted by molar-refractivity contribution is 7.16. The first kappa shape index (κ1) is 22.2. The summed E-state index contributed by atoms with van der Waals surface area (Å²) in [6.07, 6.45) is 1.35. The van der Waals surface area contributed by atoms with E-state index in [9.17, 15) is 14.4 Å². The molecule has 0 aliphatic carbocycles. The molecule has 4 rings (SSSR count). The van der Waals surface area contributed by atoms with Gasteiger partial charge in [-0.05, 0) is 42.6 Å². The van der Waals surface area contributed by atoms with Crippen molar-refractivity contribution < 1.29 is 19.1 Å². The number of para-hydroxylation sites is 2. The van der Waals surface area contributed by atoms with E-state index < -0.39 is 18.5 Å². The number of fused-ring (bicyclic) bond motifs is 1. The van der Waals surface area contributed by atoms with Gasteiger partial charge < -0.3 is 14.8 Å². The topological polar surface area (TPSA) is 99.5 Å². The average molecular weight is 464 g/mol. The van der Waals surface area contributed by atoms with Gasteiger partial charge in [0.25, 0.3) is 11.5 Å². The Labute approximate surface area is 193 Å². The van der Waals surface area contributed by atoms with Crippen molar-refractivity contribution in [3.05, 3.63) is 82.2 Å². The molecule has 0 aliphatic rings. The largest absolute Gasteiger partial charge is 0.456 e. The molecular weight excluding hydrogens is 442 g/mol. The number of esters is 1. The lowest BCUT2D eigenvalue weighted by molar-refractivity contribution is -0.147. The SMILES string of the molecule is Cc1ccc(Oc2ccccc2NC(=O)COC(=O)CCn2cnc3sccc3c2=O)cc1. The van der Waals surface area contributed by atoms with E-state index in [2.05, 4.69) is 10.3 Å². The van der Waals surface area contributed by atoms with E-state index in [-0.39, 0.29) is 18.5 Å². The minimum Gasteiger partial charge on any atom is -0.456 e. The molecule has 0 saturated heterocycles. The molecule has 1 amide bonds. The fourth-order valence-corrected chi connectivity index (χ4v) is 3.78. The van der Waals surface area contributed by atoms with Crippen LogP contribution in [-0.2, 0) is 20.9 Å². The molecule has 1 N–H and O–H groups in total. The smallest absolute Gasteiger partial charge is 0.308 e. The molecule has 0 unspecified atom stereocenters. The van der Waals surface area contributed by atoms with Crippen molar-refractivity contribution in [1.82, 2.24) is 9.55 Å². The summed E-state index contributed by atoms with van der Waals surface area (Å²) in [5.74, 6) is 0.0179. The van der Waals surface area contributed by atoms with Gasteiger partial charge in [-0.25, -0.2) is 4.98 Å². The van der Waals surface area contributed by atoms with Crippen LogP contribution in [0.1, 0.15) is 12.0 Å². The lowest BCUT2D eigenvalue weighted by Crippen LogP contribution is -2.24. The Morgan fingerprint density at radius 1 is 1.09 bits per heavy atom. The van der Waals surface area contributed by atoms with Gasteiger partial charge in [-0.2, -0.15) is 0 Å². The average Bonchev–Trinajstić information content (AvgIpc) is 3.30. The van der Waals surface area contributed by atoms with Gasteiger partial charge in [0, 0.05) is 6.54 Å². The van der Waals surface area contributed by atoms with Crippen LogP contribution in [0.15, 0.2) is 71.1 Å². The summed E-state index contributed by atoms with van der Waals surface area (Å²) in [7, 11) is 0. The zero-order valence-corrected chi connectivity index (χ0v) is 18.6. The Bertz CT molecular complexity index is 1340. The number of aromatic nitrogens is 2. The standard InChI is InChI=1S/C24H21N3O5S/c1-16-6-8-17(9-7-16)32-20-5-3-2-4-19(20)26-21(28)14-31-22(29)10-12-27-15-25-23-18(24(27)30)11-13-33-23/h2-9,11,13,15H,10,12,14H2,1H3,(H,26,28). The Balaban J connectivity index is 1.29. The van der Waals surface area contributed by atoms with E-state index in [1.165, 1.54) is 22.2 Å². The first-order valence-corrected chi connectivity index (χ1v) is 11.1. The number of anilines is 1. The van der Waals surface area contributed by atoms with Gasteiger partial charge in [-0.1, -0.05) is 29.8 Å². The second kappa shape index (κ2) is 10.1. The number of benzene rings is 2. The predicted octanol–water partition coefficient (Wildman–Crippen LogP) is 4.13. The summed E-state index contributed by atoms with van der Waals surface area (Å²) in [6, 6.07) is 16.2. The lowest BCUT2D eigenvalue weighted by atomic mass is 10.2. The number of amides is 1. The second-order valence-corrected chi connectivity index (χ2v) is 8.15. The minimum absolute atomic E-state index is 0.0579. The number of ether oxygens (including phenoxy) is 2. The van der Waals surface area contributed by atoms with Gasteiger partial charge in [0.2, 0.25) is 0 Å². The van der Waals surface area contributed by atoms with E-state index >= 15 is 0 Å². The quantitative estimate of drug-likeness (QED) is 0.395. The Morgan fingerprint density at radius 3 is 2.70 bits per heavy atom. The molecule has 4 aromatic rings. The van der Waals surface area contributed by atoms with Crippen LogP contribution in [0.25, 0.3) is 10.2 Å². The first-order chi connectivity index (χ1) is 16.0. The monoisotopic (exact) mass is 463 g/mol. The maximum Gasteiger partial charge on any atom is 0.308 e. The fourth-order valence-electron chi connectivity index (χ4n) is 3.06. The van der Waals surface area contributed by atoms with Crippen molar-refractivity contribution in [1.29, 1.82) is 0 Å². The molecule has 2 aromatic carbocycles. The van der Waals surface area contributed by atoms with Crippen molar-refractivity contribution in [2.45, 2.75) is 19.9 Å². The number of carbonyl (C=O) groups is 2. The molecule has 2 heterocycles. The zero-order valence-electron chi connectivity index (χ0n) is 17.8. The van der Waals surface area contributed by atoms with Gasteiger partial charge in [0.1, 0.15) is 10.6 Å². The molecule has 0 aliphatic heterocycles. The van der Waals surface area contributed by atoms with E-state index in [0.717, 1.165) is 5.56 Å². The second-order valence-electron chi connectivity index (χ2n) is 7.25. The van der Waals surface area contributed by atoms with Crippen molar-refractivity contribution in [2.24, 2.45) is 0 Å². The molecule has 33 heavy (non-hydrogen) atoms. The maximum atomic E-state index is 12.4. The van der Waals surface area contributed by atoms with Gasteiger partial charge in [0.15, 0.2) is 12.4 Å². The van der Waals surface area contributed by atoms with Crippen molar-refractivity contribution in [2.75, 3.05) is 11.9 Å². The van der Waals surface area contributed by atoms with Crippen LogP contribution in [0.2, 0.25) is 0 Å². The molecule has 0 atom stereocenters. The summed E-state index contributed by atoms with van der Waals surface area (Å²) in [5.41, 5.74) is 1.36. The van der Waals surface area contributed by atoms with Gasteiger partial charge in [-0.15, -0.1) is 11.3 Å². The Hall–Kier alpha value is -3.98. The molecular formula is C24H21N3O5S. The molecule has 0 spiro atoms. The molecule has 0 saturated carbocycles. The van der Waals surface area contributed by atoms with Crippen LogP contribution in [0, 0.1) is 6.92 Å². The first-order valence-electron chi connectivity index (χ1n) is 10.2. The molecule has 0 fully saturated rings. The lowest BCUT2D eigenvalue weighted by Gasteiger charge is -2.12. The third kappa shape index (κ3) is 5.64. The van der Waals surface area contributed by atoms with Gasteiger partial charge in [-0.3, -0.25) is 19.0 Å². The number of carbonyl (C=O) groups excluding carboxylic acids is 2. The minimum atomic E-state index is -0.591. The van der Waals surface area contributed by atoms with E-state index in [0.29, 0.717) is 27.4 Å². The van der Waals surface area contributed by atoms with Crippen molar-refractivity contribution in [3.8, 4) is 11.5 Å². The zero-order chi connectivity index (χ0) is 23.2. The van der Waals surface area contributed by atoms with Crippen LogP contribution in [0.4, 0.5) is 5.69 Å². The number of hydrogen-bond acceptors (Lipinski definition) is 7. The third-order valence-corrected chi connectivity index (χ3v) is 5.60. The van der Waals surface area contributed by atoms with Gasteiger partial charge >= 0.3 is 5.97 Å². The highest BCUT2D eigenvalue weighted by Crippen LogP contribution is 2.29. The Kier molecular flexibility index (Phi) is 6.80. The molecule has 9 heteroatoms. The summed E-state index contributed by atoms with van der Waals surface area (Å²) in [6.45, 7) is 1.65. The number of rotatable bonds is 8. The summed E-state index contributed by atoms with van der Waals surface area (Å²) in [4.78, 5) is 41.6. The number of thiophene rings is 1. The van der Waals surface area contributed by atoms with Crippen LogP contribution < -0.4 is 15.6 Å². The maximum absolute atomic E-state index is 12.4. The predicted molar refractivity (Wildman–Crippen MR) is 126 cm³/mol. The number of aryl methyl sites for hydroxylation is 2. The normalized spacial score (nSPS) is 10.7. The van der Waals surface area contributed by atoms with Crippen molar-refractivity contribution >= 4 is 39.1 Å². The molecule has 0 bridgehead atoms. The number of nitrogens with one attached hydrogen (secondary N) is 1. The van der Waals surface area contributed by atoms with Crippen molar-refractivity contribution in [3.63, 3.8) is 0 Å². The van der Waals surface area contributed by atoms with E-state index in [1.807, 2.05) is 31.2 Å². The third-order valence-electron chi connectivity index (χ3n) is 4.78. The van der Waals surface area contributed by atoms with Crippen LogP contribution in [0.5, 0.6) is 11.5 Å². The number of nitrogens with zero attached hydrogens (tertiary/aromatic N) is 2. The number of hydrogen-bond donors (Lipinski definition) is 1. The highest BCUT2D eigenvalue weighted by atomic mass is 32.1. The molecule has 2 aromatic heterocycles. The molecule has 0 radical (unpaired) electrons. The summed E-state index contributed by atoms with van der Waals surface area (Å²) >= 11 is 1.38. The van der Waals surface area contributed by atoms with E-state index in [1.54, 1.807) is 35.7 Å².